The monoisotopic (exact) mass is 286 g/mol. The van der Waals surface area contributed by atoms with E-state index in [1.165, 1.54) is 19.4 Å². The Hall–Kier alpha value is -2.56. The van der Waals surface area contributed by atoms with E-state index in [1.807, 2.05) is 0 Å². The predicted molar refractivity (Wildman–Crippen MR) is 73.3 cm³/mol. The van der Waals surface area contributed by atoms with Crippen LogP contribution in [0.4, 0.5) is 0 Å². The first kappa shape index (κ1) is 13.4. The smallest absolute Gasteiger partial charge is 0.313 e. The van der Waals surface area contributed by atoms with Crippen LogP contribution in [0.15, 0.2) is 34.9 Å². The lowest BCUT2D eigenvalue weighted by Crippen LogP contribution is -2.11. The number of phenols is 1. The maximum Gasteiger partial charge on any atom is 0.313 e. The Kier molecular flexibility index (Phi) is 3.25. The molecule has 1 aliphatic carbocycles. The molecule has 2 aromatic rings. The number of methoxy groups -OCH3 is 1. The summed E-state index contributed by atoms with van der Waals surface area (Å²) in [5.41, 5.74) is 1.81. The second kappa shape index (κ2) is 5.09. The molecule has 5 nitrogen and oxygen atoms in total. The lowest BCUT2D eigenvalue weighted by atomic mass is 9.97. The number of esters is 1. The van der Waals surface area contributed by atoms with Gasteiger partial charge in [-0.25, -0.2) is 0 Å². The highest BCUT2D eigenvalue weighted by molar-refractivity contribution is 6.09. The van der Waals surface area contributed by atoms with Gasteiger partial charge in [0.1, 0.15) is 5.75 Å². The normalized spacial score (nSPS) is 16.5. The summed E-state index contributed by atoms with van der Waals surface area (Å²) in [6.07, 6.45) is 2.71. The third-order valence-corrected chi connectivity index (χ3v) is 3.81. The third kappa shape index (κ3) is 2.20. The molecule has 1 unspecified atom stereocenters. The number of carbonyl (C=O) groups excluding carboxylic acids is 2. The van der Waals surface area contributed by atoms with Crippen LogP contribution in [-0.2, 0) is 16.0 Å². The van der Waals surface area contributed by atoms with Gasteiger partial charge in [-0.05, 0) is 48.2 Å². The van der Waals surface area contributed by atoms with E-state index in [2.05, 4.69) is 0 Å². The quantitative estimate of drug-likeness (QED) is 0.692. The second-order valence-corrected chi connectivity index (χ2v) is 4.99. The molecule has 0 fully saturated rings. The standard InChI is InChI=1S/C16H14O5/c1-20-16(19)10-5-4-9-7-12(13(17)8-11(9)10)15(18)14-3-2-6-21-14/h2-3,6-8,10,17H,4-5H2,1H3. The van der Waals surface area contributed by atoms with Crippen molar-refractivity contribution in [3.63, 3.8) is 0 Å². The van der Waals surface area contributed by atoms with Crippen LogP contribution in [0, 0.1) is 0 Å². The average molecular weight is 286 g/mol. The lowest BCUT2D eigenvalue weighted by molar-refractivity contribution is -0.142. The number of carbonyl (C=O) groups is 2. The van der Waals surface area contributed by atoms with Gasteiger partial charge >= 0.3 is 5.97 Å². The summed E-state index contributed by atoms with van der Waals surface area (Å²) in [4.78, 5) is 24.0. The van der Waals surface area contributed by atoms with Crippen LogP contribution < -0.4 is 0 Å². The van der Waals surface area contributed by atoms with Gasteiger partial charge in [-0.1, -0.05) is 0 Å². The zero-order valence-electron chi connectivity index (χ0n) is 11.5. The van der Waals surface area contributed by atoms with Gasteiger partial charge in [0.05, 0.1) is 24.9 Å². The maximum absolute atomic E-state index is 12.3. The fourth-order valence-electron chi connectivity index (χ4n) is 2.75. The Labute approximate surface area is 121 Å². The van der Waals surface area contributed by atoms with Crippen molar-refractivity contribution < 1.29 is 23.8 Å². The van der Waals surface area contributed by atoms with E-state index in [0.29, 0.717) is 12.8 Å². The molecule has 3 rings (SSSR count). The van der Waals surface area contributed by atoms with Gasteiger partial charge in [-0.2, -0.15) is 0 Å². The Bertz CT molecular complexity index is 700. The van der Waals surface area contributed by atoms with Gasteiger partial charge in [-0.3, -0.25) is 9.59 Å². The van der Waals surface area contributed by atoms with E-state index >= 15 is 0 Å². The number of ketones is 1. The van der Waals surface area contributed by atoms with Crippen molar-refractivity contribution in [3.05, 3.63) is 53.0 Å². The van der Waals surface area contributed by atoms with Crippen LogP contribution in [0.5, 0.6) is 5.75 Å². The lowest BCUT2D eigenvalue weighted by Gasteiger charge is -2.11. The number of hydrogen-bond donors (Lipinski definition) is 1. The topological polar surface area (TPSA) is 76.7 Å². The Morgan fingerprint density at radius 2 is 2.19 bits per heavy atom. The summed E-state index contributed by atoms with van der Waals surface area (Å²) in [6.45, 7) is 0. The molecular weight excluding hydrogens is 272 g/mol. The first-order valence-corrected chi connectivity index (χ1v) is 6.63. The zero-order valence-corrected chi connectivity index (χ0v) is 11.5. The number of aromatic hydroxyl groups is 1. The van der Waals surface area contributed by atoms with Crippen LogP contribution in [0.1, 0.15) is 39.6 Å². The minimum absolute atomic E-state index is 0.147. The van der Waals surface area contributed by atoms with E-state index in [9.17, 15) is 14.7 Å². The van der Waals surface area contributed by atoms with Crippen molar-refractivity contribution in [1.82, 2.24) is 0 Å². The highest BCUT2D eigenvalue weighted by Gasteiger charge is 2.31. The maximum atomic E-state index is 12.3. The summed E-state index contributed by atoms with van der Waals surface area (Å²) in [5, 5.41) is 10.1. The number of phenolic OH excluding ortho intramolecular Hbond substituents is 1. The van der Waals surface area contributed by atoms with Crippen LogP contribution in [0.25, 0.3) is 0 Å². The Balaban J connectivity index is 2.00. The molecule has 5 heteroatoms. The number of benzene rings is 1. The van der Waals surface area contributed by atoms with E-state index < -0.39 is 0 Å². The van der Waals surface area contributed by atoms with Crippen LogP contribution in [-0.4, -0.2) is 24.0 Å². The van der Waals surface area contributed by atoms with Gasteiger partial charge in [0.2, 0.25) is 5.78 Å². The highest BCUT2D eigenvalue weighted by Crippen LogP contribution is 2.38. The fraction of sp³-hybridized carbons (Fsp3) is 0.250. The molecule has 1 aromatic heterocycles. The Morgan fingerprint density at radius 1 is 1.38 bits per heavy atom. The van der Waals surface area contributed by atoms with Crippen molar-refractivity contribution >= 4 is 11.8 Å². The van der Waals surface area contributed by atoms with Gasteiger partial charge in [0, 0.05) is 0 Å². The summed E-state index contributed by atoms with van der Waals surface area (Å²) in [7, 11) is 1.34. The summed E-state index contributed by atoms with van der Waals surface area (Å²) < 4.78 is 9.83. The number of rotatable bonds is 3. The zero-order chi connectivity index (χ0) is 15.0. The number of aryl methyl sites for hydroxylation is 1. The highest BCUT2D eigenvalue weighted by atomic mass is 16.5. The number of furan rings is 1. The Morgan fingerprint density at radius 3 is 2.86 bits per heavy atom. The van der Waals surface area contributed by atoms with Crippen molar-refractivity contribution in [2.75, 3.05) is 7.11 Å². The van der Waals surface area contributed by atoms with E-state index in [1.54, 1.807) is 18.2 Å². The third-order valence-electron chi connectivity index (χ3n) is 3.81. The minimum Gasteiger partial charge on any atom is -0.507 e. The molecule has 0 bridgehead atoms. The van der Waals surface area contributed by atoms with Crippen molar-refractivity contribution in [2.24, 2.45) is 0 Å². The fourth-order valence-corrected chi connectivity index (χ4v) is 2.75. The largest absolute Gasteiger partial charge is 0.507 e. The number of ether oxygens (including phenoxy) is 1. The van der Waals surface area contributed by atoms with Crippen LogP contribution in [0.2, 0.25) is 0 Å². The van der Waals surface area contributed by atoms with Crippen molar-refractivity contribution in [3.8, 4) is 5.75 Å². The summed E-state index contributed by atoms with van der Waals surface area (Å²) in [6, 6.07) is 6.29. The van der Waals surface area contributed by atoms with Crippen molar-refractivity contribution in [2.45, 2.75) is 18.8 Å². The van der Waals surface area contributed by atoms with E-state index in [-0.39, 0.29) is 34.7 Å². The molecule has 0 saturated heterocycles. The molecule has 0 aliphatic heterocycles. The number of fused-ring (bicyclic) bond motifs is 1. The van der Waals surface area contributed by atoms with Crippen molar-refractivity contribution in [1.29, 1.82) is 0 Å². The average Bonchev–Trinajstić information content (AvgIpc) is 3.14. The number of hydrogen-bond acceptors (Lipinski definition) is 5. The molecule has 0 amide bonds. The van der Waals surface area contributed by atoms with Gasteiger partial charge < -0.3 is 14.3 Å². The molecule has 1 heterocycles. The molecule has 0 spiro atoms. The summed E-state index contributed by atoms with van der Waals surface area (Å²) in [5.74, 6) is -1.04. The molecule has 108 valence electrons. The van der Waals surface area contributed by atoms with E-state index in [0.717, 1.165) is 11.1 Å². The van der Waals surface area contributed by atoms with Gasteiger partial charge in [0.25, 0.3) is 0 Å². The first-order chi connectivity index (χ1) is 10.1. The summed E-state index contributed by atoms with van der Waals surface area (Å²) >= 11 is 0. The first-order valence-electron chi connectivity index (χ1n) is 6.63. The minimum atomic E-state index is -0.373. The molecule has 0 radical (unpaired) electrons. The molecule has 1 atom stereocenters. The molecule has 1 N–H and O–H groups in total. The molecule has 1 aromatic carbocycles. The van der Waals surface area contributed by atoms with Crippen LogP contribution >= 0.6 is 0 Å². The molecule has 0 saturated carbocycles. The predicted octanol–water partition coefficient (Wildman–Crippen LogP) is 2.42. The second-order valence-electron chi connectivity index (χ2n) is 4.99. The molecule has 21 heavy (non-hydrogen) atoms. The molecular formula is C16H14O5. The SMILES string of the molecule is COC(=O)C1CCc2cc(C(=O)c3ccco3)c(O)cc21. The van der Waals surface area contributed by atoms with Crippen LogP contribution in [0.3, 0.4) is 0 Å². The van der Waals surface area contributed by atoms with E-state index in [4.69, 9.17) is 9.15 Å². The van der Waals surface area contributed by atoms with Gasteiger partial charge in [-0.15, -0.1) is 0 Å². The van der Waals surface area contributed by atoms with Gasteiger partial charge in [0.15, 0.2) is 5.76 Å². The molecule has 1 aliphatic rings.